The Bertz CT molecular complexity index is 1220. The zero-order chi connectivity index (χ0) is 22.1. The average molecular weight is 484 g/mol. The fourth-order valence-corrected chi connectivity index (χ4v) is 5.34. The molecule has 0 bridgehead atoms. The SMILES string of the molecule is Cn1c2c(c3ccc(Br)cc31)C(=O)c1ccc(OCC3COC(C)(C)O3)cc1C2(C)C. The van der Waals surface area contributed by atoms with E-state index < -0.39 is 5.79 Å². The first kappa shape index (κ1) is 20.7. The molecule has 5 rings (SSSR count). The van der Waals surface area contributed by atoms with Gasteiger partial charge in [0, 0.05) is 39.1 Å². The van der Waals surface area contributed by atoms with E-state index in [0.29, 0.717) is 13.2 Å². The van der Waals surface area contributed by atoms with Crippen molar-refractivity contribution in [1.29, 1.82) is 0 Å². The number of fused-ring (bicyclic) bond motifs is 4. The summed E-state index contributed by atoms with van der Waals surface area (Å²) in [5.74, 6) is 0.231. The molecule has 6 heteroatoms. The number of nitrogens with zero attached hydrogens (tertiary/aromatic N) is 1. The molecule has 2 aromatic carbocycles. The molecule has 1 atom stereocenters. The minimum absolute atomic E-state index is 0.0677. The van der Waals surface area contributed by atoms with Crippen molar-refractivity contribution < 1.29 is 19.0 Å². The van der Waals surface area contributed by atoms with Crippen LogP contribution >= 0.6 is 15.9 Å². The standard InChI is InChI=1S/C25H26BrNO4/c1-24(2)19-11-15(29-12-16-13-30-25(3,4)31-16)7-9-17(19)22(28)21-18-8-6-14(26)10-20(18)27(5)23(21)24/h6-11,16H,12-13H2,1-5H3. The molecule has 5 nitrogen and oxygen atoms in total. The summed E-state index contributed by atoms with van der Waals surface area (Å²) in [6.45, 7) is 9.07. The molecule has 0 amide bonds. The predicted octanol–water partition coefficient (Wildman–Crippen LogP) is 5.34. The van der Waals surface area contributed by atoms with Crippen molar-refractivity contribution in [2.75, 3.05) is 13.2 Å². The maximum absolute atomic E-state index is 13.6. The summed E-state index contributed by atoms with van der Waals surface area (Å²) in [5, 5.41) is 0.991. The van der Waals surface area contributed by atoms with E-state index in [-0.39, 0.29) is 17.3 Å². The highest BCUT2D eigenvalue weighted by atomic mass is 79.9. The van der Waals surface area contributed by atoms with Crippen LogP contribution in [0.4, 0.5) is 0 Å². The van der Waals surface area contributed by atoms with Crippen LogP contribution in [-0.4, -0.2) is 35.5 Å². The van der Waals surface area contributed by atoms with Gasteiger partial charge in [0.2, 0.25) is 0 Å². The zero-order valence-corrected chi connectivity index (χ0v) is 20.0. The van der Waals surface area contributed by atoms with Crippen molar-refractivity contribution in [3.8, 4) is 5.75 Å². The van der Waals surface area contributed by atoms with Crippen molar-refractivity contribution in [2.24, 2.45) is 7.05 Å². The zero-order valence-electron chi connectivity index (χ0n) is 18.4. The highest BCUT2D eigenvalue weighted by Gasteiger charge is 2.41. The van der Waals surface area contributed by atoms with Gasteiger partial charge < -0.3 is 18.8 Å². The van der Waals surface area contributed by atoms with Gasteiger partial charge in [-0.2, -0.15) is 0 Å². The summed E-state index contributed by atoms with van der Waals surface area (Å²) in [5.41, 5.74) is 4.25. The van der Waals surface area contributed by atoms with E-state index in [1.807, 2.05) is 51.2 Å². The maximum atomic E-state index is 13.6. The molecule has 0 N–H and O–H groups in total. The first-order chi connectivity index (χ1) is 14.6. The lowest BCUT2D eigenvalue weighted by Gasteiger charge is -2.34. The van der Waals surface area contributed by atoms with Gasteiger partial charge in [0.05, 0.1) is 12.2 Å². The second kappa shape index (κ2) is 6.92. The number of hydrogen-bond acceptors (Lipinski definition) is 4. The number of hydrogen-bond donors (Lipinski definition) is 0. The van der Waals surface area contributed by atoms with Gasteiger partial charge in [0.25, 0.3) is 0 Å². The van der Waals surface area contributed by atoms with Crippen molar-refractivity contribution in [2.45, 2.75) is 45.0 Å². The van der Waals surface area contributed by atoms with Crippen LogP contribution < -0.4 is 4.74 Å². The Hall–Kier alpha value is -2.15. The van der Waals surface area contributed by atoms with Gasteiger partial charge in [0.15, 0.2) is 11.6 Å². The van der Waals surface area contributed by atoms with Crippen molar-refractivity contribution in [3.05, 3.63) is 63.3 Å². The lowest BCUT2D eigenvalue weighted by Crippen LogP contribution is -2.32. The van der Waals surface area contributed by atoms with Gasteiger partial charge in [-0.25, -0.2) is 0 Å². The molecule has 1 aromatic heterocycles. The number of halogens is 1. The van der Waals surface area contributed by atoms with Crippen LogP contribution in [0, 0.1) is 0 Å². The lowest BCUT2D eigenvalue weighted by molar-refractivity contribution is -0.141. The molecule has 0 saturated carbocycles. The van der Waals surface area contributed by atoms with Gasteiger partial charge in [-0.15, -0.1) is 0 Å². The van der Waals surface area contributed by atoms with E-state index in [0.717, 1.165) is 43.5 Å². The molecule has 0 spiro atoms. The average Bonchev–Trinajstić information content (AvgIpc) is 3.21. The summed E-state index contributed by atoms with van der Waals surface area (Å²) >= 11 is 3.56. The minimum Gasteiger partial charge on any atom is -0.491 e. The Morgan fingerprint density at radius 2 is 1.94 bits per heavy atom. The molecule has 162 valence electrons. The normalized spacial score (nSPS) is 21.2. The van der Waals surface area contributed by atoms with Crippen molar-refractivity contribution in [3.63, 3.8) is 0 Å². The van der Waals surface area contributed by atoms with Gasteiger partial charge >= 0.3 is 0 Å². The number of aromatic nitrogens is 1. The van der Waals surface area contributed by atoms with E-state index in [2.05, 4.69) is 40.4 Å². The molecule has 1 unspecified atom stereocenters. The van der Waals surface area contributed by atoms with Crippen LogP contribution in [0.25, 0.3) is 10.9 Å². The first-order valence-electron chi connectivity index (χ1n) is 10.5. The molecule has 2 heterocycles. The Labute approximate surface area is 190 Å². The summed E-state index contributed by atoms with van der Waals surface area (Å²) in [4.78, 5) is 13.6. The minimum atomic E-state index is -0.571. The van der Waals surface area contributed by atoms with E-state index in [4.69, 9.17) is 14.2 Å². The van der Waals surface area contributed by atoms with Crippen LogP contribution in [0.5, 0.6) is 5.75 Å². The van der Waals surface area contributed by atoms with Crippen LogP contribution in [0.2, 0.25) is 0 Å². The Balaban J connectivity index is 1.53. The monoisotopic (exact) mass is 483 g/mol. The number of rotatable bonds is 3. The summed E-state index contributed by atoms with van der Waals surface area (Å²) in [7, 11) is 2.03. The van der Waals surface area contributed by atoms with Crippen LogP contribution in [0.1, 0.15) is 54.9 Å². The lowest BCUT2D eigenvalue weighted by atomic mass is 9.71. The third-order valence-electron chi connectivity index (χ3n) is 6.39. The molecular formula is C25H26BrNO4. The third-order valence-corrected chi connectivity index (χ3v) is 6.89. The quantitative estimate of drug-likeness (QED) is 0.504. The third kappa shape index (κ3) is 3.23. The summed E-state index contributed by atoms with van der Waals surface area (Å²) < 4.78 is 20.6. The molecule has 2 aliphatic rings. The van der Waals surface area contributed by atoms with E-state index >= 15 is 0 Å². The fourth-order valence-electron chi connectivity index (χ4n) is 5.00. The summed E-state index contributed by atoms with van der Waals surface area (Å²) in [6.07, 6.45) is -0.108. The smallest absolute Gasteiger partial charge is 0.195 e. The largest absolute Gasteiger partial charge is 0.491 e. The second-order valence-corrected chi connectivity index (χ2v) is 10.3. The molecule has 31 heavy (non-hydrogen) atoms. The van der Waals surface area contributed by atoms with Gasteiger partial charge in [-0.3, -0.25) is 4.79 Å². The number of ether oxygens (including phenoxy) is 3. The van der Waals surface area contributed by atoms with E-state index in [1.54, 1.807) is 0 Å². The fraction of sp³-hybridized carbons (Fsp3) is 0.400. The van der Waals surface area contributed by atoms with Crippen LogP contribution in [0.3, 0.4) is 0 Å². The molecule has 1 aliphatic carbocycles. The Kier molecular flexibility index (Phi) is 4.63. The number of aryl methyl sites for hydroxylation is 1. The van der Waals surface area contributed by atoms with Crippen LogP contribution in [0.15, 0.2) is 40.9 Å². The second-order valence-electron chi connectivity index (χ2n) is 9.37. The number of carbonyl (C=O) groups is 1. The molecule has 0 radical (unpaired) electrons. The highest BCUT2D eigenvalue weighted by molar-refractivity contribution is 9.10. The highest BCUT2D eigenvalue weighted by Crippen LogP contribution is 2.46. The predicted molar refractivity (Wildman–Crippen MR) is 123 cm³/mol. The molecule has 1 fully saturated rings. The first-order valence-corrected chi connectivity index (χ1v) is 11.3. The Morgan fingerprint density at radius 1 is 1.16 bits per heavy atom. The van der Waals surface area contributed by atoms with E-state index in [9.17, 15) is 4.79 Å². The number of ketones is 1. The molecule has 3 aromatic rings. The van der Waals surface area contributed by atoms with Gasteiger partial charge in [-0.1, -0.05) is 35.8 Å². The Morgan fingerprint density at radius 3 is 2.65 bits per heavy atom. The van der Waals surface area contributed by atoms with Gasteiger partial charge in [0.1, 0.15) is 18.5 Å². The number of benzene rings is 2. The van der Waals surface area contributed by atoms with Gasteiger partial charge in [-0.05, 0) is 49.7 Å². The van der Waals surface area contributed by atoms with E-state index in [1.165, 1.54) is 0 Å². The molecule has 1 saturated heterocycles. The number of carbonyl (C=O) groups excluding carboxylic acids is 1. The van der Waals surface area contributed by atoms with Crippen molar-refractivity contribution >= 4 is 32.6 Å². The topological polar surface area (TPSA) is 49.7 Å². The summed E-state index contributed by atoms with van der Waals surface area (Å²) in [6, 6.07) is 11.9. The maximum Gasteiger partial charge on any atom is 0.195 e. The van der Waals surface area contributed by atoms with Crippen LogP contribution in [-0.2, 0) is 21.9 Å². The van der Waals surface area contributed by atoms with Crippen molar-refractivity contribution in [1.82, 2.24) is 4.57 Å². The molecule has 1 aliphatic heterocycles. The molecular weight excluding hydrogens is 458 g/mol.